The van der Waals surface area contributed by atoms with Crippen LogP contribution >= 0.6 is 0 Å². The number of aryl methyl sites for hydroxylation is 1. The summed E-state index contributed by atoms with van der Waals surface area (Å²) >= 11 is 0. The largest absolute Gasteiger partial charge is 0.448 e. The molecule has 0 unspecified atom stereocenters. The van der Waals surface area contributed by atoms with E-state index in [-0.39, 0.29) is 17.5 Å². The highest BCUT2D eigenvalue weighted by Gasteiger charge is 2.30. The lowest BCUT2D eigenvalue weighted by atomic mass is 10.1. The van der Waals surface area contributed by atoms with Crippen molar-refractivity contribution in [3.05, 3.63) is 101 Å². The number of carbonyl (C=O) groups excluding carboxylic acids is 2. The van der Waals surface area contributed by atoms with Crippen LogP contribution in [-0.4, -0.2) is 67.0 Å². The van der Waals surface area contributed by atoms with Crippen molar-refractivity contribution in [1.29, 1.82) is 0 Å². The van der Waals surface area contributed by atoms with E-state index < -0.39 is 0 Å². The topological polar surface area (TPSA) is 107 Å². The summed E-state index contributed by atoms with van der Waals surface area (Å²) in [5, 5.41) is 6.01. The molecule has 10 nitrogen and oxygen atoms in total. The Kier molecular flexibility index (Phi) is 8.60. The maximum atomic E-state index is 13.3. The number of amides is 2. The third-order valence-corrected chi connectivity index (χ3v) is 8.04. The van der Waals surface area contributed by atoms with Crippen LogP contribution in [0.3, 0.4) is 0 Å². The number of oxazole rings is 1. The summed E-state index contributed by atoms with van der Waals surface area (Å²) in [6, 6.07) is 19.7. The summed E-state index contributed by atoms with van der Waals surface area (Å²) in [6.07, 6.45) is 3.48. The minimum absolute atomic E-state index is 0.237. The van der Waals surface area contributed by atoms with Crippen LogP contribution in [0.1, 0.15) is 62.4 Å². The van der Waals surface area contributed by atoms with Gasteiger partial charge < -0.3 is 29.8 Å². The number of aromatic nitrogens is 2. The van der Waals surface area contributed by atoms with Crippen molar-refractivity contribution in [1.82, 2.24) is 20.2 Å². The quantitative estimate of drug-likeness (QED) is 0.270. The molecule has 228 valence electrons. The minimum Gasteiger partial charge on any atom is -0.448 e. The van der Waals surface area contributed by atoms with Crippen LogP contribution in [0.15, 0.2) is 71.3 Å². The highest BCUT2D eigenvalue weighted by atomic mass is 16.3. The molecule has 10 heteroatoms. The van der Waals surface area contributed by atoms with Crippen LogP contribution in [0, 0.1) is 6.92 Å². The Balaban J connectivity index is 1.19. The van der Waals surface area contributed by atoms with Gasteiger partial charge in [0.1, 0.15) is 6.26 Å². The number of para-hydroxylation sites is 1. The normalized spacial score (nSPS) is 15.0. The molecular formula is C34H39N7O3. The van der Waals surface area contributed by atoms with Crippen LogP contribution < -0.4 is 20.4 Å². The van der Waals surface area contributed by atoms with E-state index in [4.69, 9.17) is 4.42 Å². The number of benzene rings is 2. The first-order chi connectivity index (χ1) is 21.3. The Bertz CT molecular complexity index is 1640. The third kappa shape index (κ3) is 6.92. The van der Waals surface area contributed by atoms with Crippen molar-refractivity contribution < 1.29 is 14.0 Å². The Hall–Kier alpha value is -4.70. The van der Waals surface area contributed by atoms with E-state index in [1.54, 1.807) is 6.07 Å². The maximum Gasteiger partial charge on any atom is 0.277 e. The summed E-state index contributed by atoms with van der Waals surface area (Å²) < 4.78 is 5.56. The van der Waals surface area contributed by atoms with Crippen molar-refractivity contribution in [2.45, 2.75) is 38.8 Å². The highest BCUT2D eigenvalue weighted by Crippen LogP contribution is 2.39. The molecule has 2 fully saturated rings. The second-order valence-corrected chi connectivity index (χ2v) is 11.8. The van der Waals surface area contributed by atoms with E-state index in [0.29, 0.717) is 29.6 Å². The van der Waals surface area contributed by atoms with Gasteiger partial charge in [-0.25, -0.2) is 4.98 Å². The zero-order valence-electron chi connectivity index (χ0n) is 25.5. The molecule has 0 bridgehead atoms. The average Bonchev–Trinajstić information content (AvgIpc) is 3.76. The molecule has 0 atom stereocenters. The van der Waals surface area contributed by atoms with Gasteiger partial charge in [-0.2, -0.15) is 0 Å². The molecule has 0 radical (unpaired) electrons. The fourth-order valence-corrected chi connectivity index (χ4v) is 5.57. The Morgan fingerprint density at radius 3 is 2.34 bits per heavy atom. The first kappa shape index (κ1) is 29.4. The van der Waals surface area contributed by atoms with E-state index in [0.717, 1.165) is 62.6 Å². The number of piperazine rings is 1. The number of hydrogen-bond donors (Lipinski definition) is 2. The lowest BCUT2D eigenvalue weighted by Crippen LogP contribution is -2.47. The summed E-state index contributed by atoms with van der Waals surface area (Å²) in [6.45, 7) is 6.38. The SMILES string of the molecule is Cc1ccccc1N1CCN(c2ccc(C(=O)NCc3cccc(CN(C)C)n3)cc2NC(=O)c2coc(C3CC3)n2)CC1. The van der Waals surface area contributed by atoms with Crippen LogP contribution in [0.5, 0.6) is 0 Å². The first-order valence-corrected chi connectivity index (χ1v) is 15.2. The molecule has 2 aliphatic rings. The Labute approximate surface area is 258 Å². The maximum absolute atomic E-state index is 13.3. The van der Waals surface area contributed by atoms with Crippen molar-refractivity contribution in [2.75, 3.05) is 55.4 Å². The molecule has 0 spiro atoms. The van der Waals surface area contributed by atoms with E-state index in [9.17, 15) is 9.59 Å². The van der Waals surface area contributed by atoms with Gasteiger partial charge in [0.15, 0.2) is 11.6 Å². The number of carbonyl (C=O) groups is 2. The van der Waals surface area contributed by atoms with Crippen LogP contribution in [-0.2, 0) is 13.1 Å². The summed E-state index contributed by atoms with van der Waals surface area (Å²) in [7, 11) is 3.99. The molecule has 1 saturated heterocycles. The molecule has 2 amide bonds. The fraction of sp³-hybridized carbons (Fsp3) is 0.353. The van der Waals surface area contributed by atoms with E-state index in [1.165, 1.54) is 17.5 Å². The minimum atomic E-state index is -0.361. The van der Waals surface area contributed by atoms with Gasteiger partial charge in [-0.05, 0) is 75.8 Å². The molecule has 2 aromatic heterocycles. The van der Waals surface area contributed by atoms with Gasteiger partial charge in [-0.1, -0.05) is 24.3 Å². The zero-order chi connectivity index (χ0) is 30.6. The highest BCUT2D eigenvalue weighted by molar-refractivity contribution is 6.06. The van der Waals surface area contributed by atoms with Gasteiger partial charge in [0.05, 0.1) is 29.3 Å². The number of anilines is 3. The molecule has 1 saturated carbocycles. The van der Waals surface area contributed by atoms with Gasteiger partial charge in [0.25, 0.3) is 11.8 Å². The monoisotopic (exact) mass is 593 g/mol. The van der Waals surface area contributed by atoms with Crippen LogP contribution in [0.2, 0.25) is 0 Å². The lowest BCUT2D eigenvalue weighted by molar-refractivity contribution is 0.0949. The average molecular weight is 594 g/mol. The first-order valence-electron chi connectivity index (χ1n) is 15.2. The standard InChI is InChI=1S/C34H39N7O3/c1-23-7-4-5-10-30(23)40-15-17-41(18-16-40)31-14-13-25(32(42)35-20-26-8-6-9-27(36-26)21-39(2)3)19-28(31)37-33(43)29-22-44-34(38-29)24-11-12-24/h4-10,13-14,19,22,24H,11-12,15-18,20-21H2,1-3H3,(H,35,42)(H,37,43). The van der Waals surface area contributed by atoms with Gasteiger partial charge in [-0.15, -0.1) is 0 Å². The van der Waals surface area contributed by atoms with Gasteiger partial charge in [0.2, 0.25) is 0 Å². The molecule has 2 N–H and O–H groups in total. The van der Waals surface area contributed by atoms with E-state index in [1.807, 2.05) is 44.4 Å². The molecule has 6 rings (SSSR count). The predicted octanol–water partition coefficient (Wildman–Crippen LogP) is 4.83. The number of nitrogens with zero attached hydrogens (tertiary/aromatic N) is 5. The van der Waals surface area contributed by atoms with E-state index >= 15 is 0 Å². The number of pyridine rings is 1. The van der Waals surface area contributed by atoms with Crippen molar-refractivity contribution in [3.63, 3.8) is 0 Å². The molecule has 3 heterocycles. The second kappa shape index (κ2) is 12.9. The lowest BCUT2D eigenvalue weighted by Gasteiger charge is -2.38. The second-order valence-electron chi connectivity index (χ2n) is 11.8. The molecule has 1 aliphatic heterocycles. The summed E-state index contributed by atoms with van der Waals surface area (Å²) in [4.78, 5) is 42.4. The van der Waals surface area contributed by atoms with Gasteiger partial charge in [-0.3, -0.25) is 14.6 Å². The molecule has 2 aromatic carbocycles. The predicted molar refractivity (Wildman–Crippen MR) is 171 cm³/mol. The van der Waals surface area contributed by atoms with Crippen LogP contribution in [0.25, 0.3) is 0 Å². The Morgan fingerprint density at radius 1 is 0.886 bits per heavy atom. The number of rotatable bonds is 10. The van der Waals surface area contributed by atoms with Gasteiger partial charge >= 0.3 is 0 Å². The molecule has 44 heavy (non-hydrogen) atoms. The number of hydrogen-bond acceptors (Lipinski definition) is 8. The molecular weight excluding hydrogens is 554 g/mol. The Morgan fingerprint density at radius 2 is 1.61 bits per heavy atom. The summed E-state index contributed by atoms with van der Waals surface area (Å²) in [5.74, 6) is 0.314. The molecule has 1 aliphatic carbocycles. The van der Waals surface area contributed by atoms with Crippen molar-refractivity contribution in [3.8, 4) is 0 Å². The van der Waals surface area contributed by atoms with Crippen LogP contribution in [0.4, 0.5) is 17.1 Å². The summed E-state index contributed by atoms with van der Waals surface area (Å²) in [5.41, 5.74) is 6.33. The van der Waals surface area contributed by atoms with E-state index in [2.05, 4.69) is 66.5 Å². The van der Waals surface area contributed by atoms with Crippen molar-refractivity contribution in [2.24, 2.45) is 0 Å². The third-order valence-electron chi connectivity index (χ3n) is 8.04. The fourth-order valence-electron chi connectivity index (χ4n) is 5.57. The molecule has 4 aromatic rings. The van der Waals surface area contributed by atoms with Gasteiger partial charge in [0, 0.05) is 49.9 Å². The number of nitrogens with one attached hydrogen (secondary N) is 2. The smallest absolute Gasteiger partial charge is 0.277 e. The zero-order valence-corrected chi connectivity index (χ0v) is 25.5. The van der Waals surface area contributed by atoms with Crippen molar-refractivity contribution >= 4 is 28.9 Å².